The Morgan fingerprint density at radius 1 is 1.32 bits per heavy atom. The number of esters is 1. The highest BCUT2D eigenvalue weighted by Crippen LogP contribution is 2.50. The van der Waals surface area contributed by atoms with Crippen molar-refractivity contribution < 1.29 is 33.0 Å². The molecular formula is C24H33N6O9P. The number of aromatic nitrogens is 4. The molecule has 0 aliphatic carbocycles. The van der Waals surface area contributed by atoms with Crippen LogP contribution in [0.2, 0.25) is 0 Å². The van der Waals surface area contributed by atoms with E-state index in [0.717, 1.165) is 17.7 Å². The molecule has 0 bridgehead atoms. The topological polar surface area (TPSA) is 170 Å². The molecule has 2 aliphatic rings. The highest BCUT2D eigenvalue weighted by atomic mass is 31.2. The van der Waals surface area contributed by atoms with Gasteiger partial charge in [-0.15, -0.1) is 0 Å². The first-order chi connectivity index (χ1) is 19.0. The fourth-order valence-electron chi connectivity index (χ4n) is 4.42. The number of aliphatic hydroxyl groups is 1. The number of carbonyl (C=O) groups is 1. The summed E-state index contributed by atoms with van der Waals surface area (Å²) in [7, 11) is 1.22. The normalized spacial score (nSPS) is 25.2. The maximum atomic E-state index is 13.1. The van der Waals surface area contributed by atoms with Crippen molar-refractivity contribution >= 4 is 13.7 Å². The van der Waals surface area contributed by atoms with Gasteiger partial charge in [0.15, 0.2) is 6.61 Å². The van der Waals surface area contributed by atoms with Crippen LogP contribution < -0.4 is 11.2 Å². The third-order valence-corrected chi connectivity index (χ3v) is 8.70. The zero-order valence-corrected chi connectivity index (χ0v) is 23.6. The summed E-state index contributed by atoms with van der Waals surface area (Å²) in [6.07, 6.45) is 1.14. The Bertz CT molecular complexity index is 1440. The Hall–Kier alpha value is -3.09. The Balaban J connectivity index is 1.40. The highest BCUT2D eigenvalue weighted by Gasteiger charge is 2.38. The molecule has 0 aromatic carbocycles. The minimum atomic E-state index is -3.79. The first kappa shape index (κ1) is 29.9. The van der Waals surface area contributed by atoms with E-state index >= 15 is 0 Å². The predicted octanol–water partition coefficient (Wildman–Crippen LogP) is -0.850. The van der Waals surface area contributed by atoms with E-state index in [1.165, 1.54) is 30.0 Å². The van der Waals surface area contributed by atoms with E-state index in [1.807, 2.05) is 23.9 Å². The molecule has 2 aromatic rings. The molecule has 0 spiro atoms. The molecule has 16 heteroatoms. The van der Waals surface area contributed by atoms with Crippen LogP contribution in [0, 0.1) is 18.8 Å². The monoisotopic (exact) mass is 580 g/mol. The number of imidazole rings is 1. The molecule has 0 radical (unpaired) electrons. The third kappa shape index (κ3) is 6.61. The van der Waals surface area contributed by atoms with Crippen molar-refractivity contribution in [2.45, 2.75) is 37.8 Å². The first-order valence-corrected chi connectivity index (χ1v) is 14.1. The van der Waals surface area contributed by atoms with Gasteiger partial charge in [-0.2, -0.15) is 0 Å². The number of aromatic amines is 1. The second-order valence-corrected chi connectivity index (χ2v) is 11.6. The summed E-state index contributed by atoms with van der Waals surface area (Å²) in [5.41, 5.74) is -1.53. The molecule has 218 valence electrons. The van der Waals surface area contributed by atoms with Gasteiger partial charge in [-0.3, -0.25) is 33.1 Å². The number of likely N-dealkylation sites (N-methyl/N-ethyl adjacent to an activating group) is 2. The number of piperazine rings is 1. The molecule has 2 N–H and O–H groups in total. The van der Waals surface area contributed by atoms with E-state index in [9.17, 15) is 24.1 Å². The summed E-state index contributed by atoms with van der Waals surface area (Å²) < 4.78 is 37.1. The average Bonchev–Trinajstić information content (AvgIpc) is 3.52. The van der Waals surface area contributed by atoms with Crippen molar-refractivity contribution in [3.8, 4) is 11.8 Å². The lowest BCUT2D eigenvalue weighted by Gasteiger charge is -2.35. The van der Waals surface area contributed by atoms with Crippen LogP contribution in [0.3, 0.4) is 0 Å². The maximum absolute atomic E-state index is 13.1. The molecule has 2 aromatic heterocycles. The number of aryl methyl sites for hydroxylation is 1. The molecule has 2 fully saturated rings. The van der Waals surface area contributed by atoms with E-state index in [2.05, 4.69) is 21.8 Å². The molecule has 5 atom stereocenters. The first-order valence-electron chi connectivity index (χ1n) is 12.6. The van der Waals surface area contributed by atoms with Crippen LogP contribution in [0.4, 0.5) is 0 Å². The van der Waals surface area contributed by atoms with Crippen LogP contribution >= 0.6 is 7.75 Å². The predicted molar refractivity (Wildman–Crippen MR) is 141 cm³/mol. The van der Waals surface area contributed by atoms with Crippen LogP contribution in [0.5, 0.6) is 0 Å². The van der Waals surface area contributed by atoms with Gasteiger partial charge in [-0.1, -0.05) is 11.8 Å². The van der Waals surface area contributed by atoms with Gasteiger partial charge in [-0.25, -0.2) is 18.7 Å². The van der Waals surface area contributed by atoms with Gasteiger partial charge < -0.3 is 19.5 Å². The number of nitrogens with one attached hydrogen (secondary N) is 1. The summed E-state index contributed by atoms with van der Waals surface area (Å²) in [5, 5.41) is 10.5. The minimum absolute atomic E-state index is 0.00476. The zero-order chi connectivity index (χ0) is 29.0. The quantitative estimate of drug-likeness (QED) is 0.226. The van der Waals surface area contributed by atoms with Crippen LogP contribution in [-0.2, 0) is 27.9 Å². The lowest BCUT2D eigenvalue weighted by molar-refractivity contribution is -0.150. The zero-order valence-electron chi connectivity index (χ0n) is 22.7. The molecule has 2 aliphatic heterocycles. The molecular weight excluding hydrogens is 547 g/mol. The number of hydrogen-bond acceptors (Lipinski definition) is 12. The van der Waals surface area contributed by atoms with E-state index in [-0.39, 0.29) is 25.2 Å². The van der Waals surface area contributed by atoms with Gasteiger partial charge in [-0.05, 0) is 21.0 Å². The molecule has 2 saturated heterocycles. The van der Waals surface area contributed by atoms with Gasteiger partial charge in [0.2, 0.25) is 0 Å². The number of rotatable bonds is 8. The molecule has 15 nitrogen and oxygen atoms in total. The van der Waals surface area contributed by atoms with Crippen molar-refractivity contribution in [2.75, 3.05) is 54.1 Å². The number of aliphatic hydroxyl groups excluding tert-OH is 1. The van der Waals surface area contributed by atoms with Crippen molar-refractivity contribution in [2.24, 2.45) is 0 Å². The van der Waals surface area contributed by atoms with Gasteiger partial charge in [0.05, 0.1) is 12.7 Å². The number of nitrogens with zero attached hydrogens (tertiary/aromatic N) is 5. The highest BCUT2D eigenvalue weighted by molar-refractivity contribution is 7.52. The Morgan fingerprint density at radius 3 is 2.80 bits per heavy atom. The number of H-pyrrole nitrogens is 1. The van der Waals surface area contributed by atoms with Crippen molar-refractivity contribution in [1.29, 1.82) is 0 Å². The molecule has 3 unspecified atom stereocenters. The van der Waals surface area contributed by atoms with Crippen LogP contribution in [0.15, 0.2) is 28.2 Å². The summed E-state index contributed by atoms with van der Waals surface area (Å²) in [4.78, 5) is 47.4. The fraction of sp³-hybridized carbons (Fsp3) is 0.583. The third-order valence-electron chi connectivity index (χ3n) is 6.81. The second-order valence-electron chi connectivity index (χ2n) is 9.58. The van der Waals surface area contributed by atoms with Gasteiger partial charge in [0.25, 0.3) is 5.56 Å². The van der Waals surface area contributed by atoms with Crippen LogP contribution in [-0.4, -0.2) is 112 Å². The van der Waals surface area contributed by atoms with E-state index in [1.54, 1.807) is 6.92 Å². The van der Waals surface area contributed by atoms with E-state index in [4.69, 9.17) is 18.5 Å². The summed E-state index contributed by atoms with van der Waals surface area (Å²) in [6.45, 7) is 3.22. The lowest BCUT2D eigenvalue weighted by Crippen LogP contribution is -2.54. The van der Waals surface area contributed by atoms with Crippen molar-refractivity contribution in [3.05, 3.63) is 50.8 Å². The Morgan fingerprint density at radius 2 is 2.10 bits per heavy atom. The van der Waals surface area contributed by atoms with Gasteiger partial charge >= 0.3 is 19.4 Å². The Labute approximate surface area is 230 Å². The SMILES string of the molecule is COP(=O)(OC[C@H]1O[C@@H](n2cc(C#CCOC(=O)C3CN(C)CCN3C)c(=O)[nH]c2=O)CC1O)n1ccnc1C. The van der Waals surface area contributed by atoms with Crippen molar-refractivity contribution in [1.82, 2.24) is 28.7 Å². The second kappa shape index (κ2) is 12.6. The molecule has 0 amide bonds. The minimum Gasteiger partial charge on any atom is -0.451 e. The smallest absolute Gasteiger partial charge is 0.440 e. The van der Waals surface area contributed by atoms with Gasteiger partial charge in [0, 0.05) is 51.8 Å². The van der Waals surface area contributed by atoms with E-state index < -0.39 is 49.4 Å². The summed E-state index contributed by atoms with van der Waals surface area (Å²) >= 11 is 0. The molecule has 4 rings (SSSR count). The molecule has 40 heavy (non-hydrogen) atoms. The number of ether oxygens (including phenoxy) is 2. The van der Waals surface area contributed by atoms with Crippen molar-refractivity contribution in [3.63, 3.8) is 0 Å². The number of carbonyl (C=O) groups excluding carboxylic acids is 1. The van der Waals surface area contributed by atoms with Crippen LogP contribution in [0.1, 0.15) is 24.0 Å². The molecule has 4 heterocycles. The lowest BCUT2D eigenvalue weighted by atomic mass is 10.2. The fourth-order valence-corrected chi connectivity index (χ4v) is 5.79. The molecule has 0 saturated carbocycles. The largest absolute Gasteiger partial charge is 0.451 e. The summed E-state index contributed by atoms with van der Waals surface area (Å²) in [5.74, 6) is 5.25. The average molecular weight is 581 g/mol. The van der Waals surface area contributed by atoms with Gasteiger partial charge in [0.1, 0.15) is 29.8 Å². The Kier molecular flexibility index (Phi) is 9.42. The standard InChI is InChI=1S/C24H33N6O9P/c1-16-25-7-8-30(16)40(35,36-4)38-15-20-19(31)12-21(39-20)29-13-17(22(32)26-24(29)34)6-5-11-37-23(33)18-14-27(2)9-10-28(18)3/h7-8,13,18-21,31H,9-12,14-15H2,1-4H3,(H,26,32,34)/t18?,19?,20-,21-,40?/m1/s1. The summed E-state index contributed by atoms with van der Waals surface area (Å²) in [6, 6.07) is -0.407. The van der Waals surface area contributed by atoms with Crippen LogP contribution in [0.25, 0.3) is 0 Å². The number of hydrogen-bond donors (Lipinski definition) is 2. The maximum Gasteiger partial charge on any atom is 0.440 e. The van der Waals surface area contributed by atoms with E-state index in [0.29, 0.717) is 12.4 Å².